The van der Waals surface area contributed by atoms with Gasteiger partial charge in [-0.3, -0.25) is 19.3 Å². The Hall–Kier alpha value is -3.82. The molecule has 0 atom stereocenters. The van der Waals surface area contributed by atoms with Crippen LogP contribution in [-0.4, -0.2) is 29.2 Å². The van der Waals surface area contributed by atoms with Crippen molar-refractivity contribution in [1.29, 1.82) is 0 Å². The monoisotopic (exact) mass is 547 g/mol. The third-order valence-electron chi connectivity index (χ3n) is 5.54. The van der Waals surface area contributed by atoms with E-state index >= 15 is 0 Å². The zero-order valence-corrected chi connectivity index (χ0v) is 20.4. The van der Waals surface area contributed by atoms with Crippen LogP contribution in [-0.2, 0) is 22.2 Å². The van der Waals surface area contributed by atoms with Crippen LogP contribution < -0.4 is 10.6 Å². The number of nitrogens with one attached hydrogen (secondary N) is 2. The second-order valence-electron chi connectivity index (χ2n) is 8.04. The van der Waals surface area contributed by atoms with Crippen molar-refractivity contribution < 1.29 is 27.6 Å². The minimum absolute atomic E-state index is 0.0533. The Balaban J connectivity index is 1.42. The highest BCUT2D eigenvalue weighted by molar-refractivity contribution is 6.48. The van der Waals surface area contributed by atoms with Crippen molar-refractivity contribution in [3.05, 3.63) is 105 Å². The van der Waals surface area contributed by atoms with Gasteiger partial charge in [0, 0.05) is 17.8 Å². The molecule has 3 aromatic carbocycles. The van der Waals surface area contributed by atoms with Crippen molar-refractivity contribution in [3.63, 3.8) is 0 Å². The average Bonchev–Trinajstić information content (AvgIpc) is 3.07. The third kappa shape index (κ3) is 5.95. The van der Waals surface area contributed by atoms with Gasteiger partial charge in [0.2, 0.25) is 0 Å². The second-order valence-corrected chi connectivity index (χ2v) is 8.82. The van der Waals surface area contributed by atoms with Gasteiger partial charge in [-0.25, -0.2) is 0 Å². The summed E-state index contributed by atoms with van der Waals surface area (Å²) in [6, 6.07) is 17.7. The molecule has 0 aliphatic carbocycles. The number of hydrogen-bond acceptors (Lipinski definition) is 4. The lowest BCUT2D eigenvalue weighted by Crippen LogP contribution is -2.34. The van der Waals surface area contributed by atoms with Gasteiger partial charge in [-0.15, -0.1) is 0 Å². The highest BCUT2D eigenvalue weighted by Gasteiger charge is 2.37. The summed E-state index contributed by atoms with van der Waals surface area (Å²) in [5, 5.41) is 4.86. The first-order valence-electron chi connectivity index (χ1n) is 10.9. The summed E-state index contributed by atoms with van der Waals surface area (Å²) in [7, 11) is 0. The quantitative estimate of drug-likeness (QED) is 0.351. The van der Waals surface area contributed by atoms with E-state index in [9.17, 15) is 27.6 Å². The van der Waals surface area contributed by atoms with Crippen LogP contribution in [0.4, 0.5) is 24.5 Å². The van der Waals surface area contributed by atoms with Crippen LogP contribution in [0.5, 0.6) is 0 Å². The maximum absolute atomic E-state index is 13.0. The van der Waals surface area contributed by atoms with E-state index in [1.807, 2.05) is 30.3 Å². The van der Waals surface area contributed by atoms with E-state index in [-0.39, 0.29) is 33.5 Å². The van der Waals surface area contributed by atoms with Gasteiger partial charge in [0.05, 0.1) is 16.3 Å². The van der Waals surface area contributed by atoms with Gasteiger partial charge in [0.1, 0.15) is 10.7 Å². The first kappa shape index (κ1) is 26.2. The number of anilines is 2. The van der Waals surface area contributed by atoms with Crippen molar-refractivity contribution in [2.24, 2.45) is 0 Å². The summed E-state index contributed by atoms with van der Waals surface area (Å²) >= 11 is 12.1. The third-order valence-corrected chi connectivity index (χ3v) is 6.22. The number of nitrogens with zero attached hydrogens (tertiary/aromatic N) is 1. The number of rotatable bonds is 7. The number of imide groups is 1. The Bertz CT molecular complexity index is 1390. The van der Waals surface area contributed by atoms with Crippen LogP contribution in [0.15, 0.2) is 83.5 Å². The minimum atomic E-state index is -4.59. The minimum Gasteiger partial charge on any atom is -0.350 e. The van der Waals surface area contributed by atoms with Crippen LogP contribution in [0.2, 0.25) is 5.02 Å². The molecule has 0 unspecified atom stereocenters. The molecular formula is C26H18Cl2F3N3O3. The number of carbonyl (C=O) groups excluding carboxylic acids is 3. The summed E-state index contributed by atoms with van der Waals surface area (Å²) in [5.41, 5.74) is 0.218. The summed E-state index contributed by atoms with van der Waals surface area (Å²) < 4.78 is 38.9. The fourth-order valence-corrected chi connectivity index (χ4v) is 3.98. The number of carbonyl (C=O) groups is 3. The molecule has 4 rings (SSSR count). The molecule has 3 aromatic rings. The Morgan fingerprint density at radius 2 is 1.57 bits per heavy atom. The van der Waals surface area contributed by atoms with E-state index in [1.54, 1.807) is 0 Å². The molecule has 2 N–H and O–H groups in total. The summed E-state index contributed by atoms with van der Waals surface area (Å²) in [6.45, 7) is 0.153. The lowest BCUT2D eigenvalue weighted by molar-refractivity contribution is -0.138. The highest BCUT2D eigenvalue weighted by atomic mass is 35.5. The molecule has 1 heterocycles. The molecule has 1 aliphatic heterocycles. The molecule has 1 aliphatic rings. The molecule has 0 fully saturated rings. The second kappa shape index (κ2) is 10.7. The first-order chi connectivity index (χ1) is 17.5. The van der Waals surface area contributed by atoms with Crippen LogP contribution in [0.1, 0.15) is 21.5 Å². The van der Waals surface area contributed by atoms with Crippen molar-refractivity contribution in [3.8, 4) is 0 Å². The van der Waals surface area contributed by atoms with Gasteiger partial charge in [0.15, 0.2) is 0 Å². The Morgan fingerprint density at radius 3 is 2.22 bits per heavy atom. The molecule has 0 saturated heterocycles. The van der Waals surface area contributed by atoms with Crippen molar-refractivity contribution in [2.75, 3.05) is 17.2 Å². The highest BCUT2D eigenvalue weighted by Crippen LogP contribution is 2.34. The number of hydrogen-bond donors (Lipinski definition) is 2. The molecule has 0 spiro atoms. The molecule has 190 valence electrons. The molecule has 37 heavy (non-hydrogen) atoms. The molecule has 3 amide bonds. The normalized spacial score (nSPS) is 13.8. The van der Waals surface area contributed by atoms with Crippen molar-refractivity contribution in [2.45, 2.75) is 12.6 Å². The molecule has 11 heteroatoms. The van der Waals surface area contributed by atoms with Gasteiger partial charge in [-0.05, 0) is 54.4 Å². The lowest BCUT2D eigenvalue weighted by atomic mass is 10.1. The fourth-order valence-electron chi connectivity index (χ4n) is 3.58. The van der Waals surface area contributed by atoms with E-state index in [4.69, 9.17) is 23.2 Å². The molecule has 0 aromatic heterocycles. The predicted octanol–water partition coefficient (Wildman–Crippen LogP) is 6.08. The largest absolute Gasteiger partial charge is 0.416 e. The van der Waals surface area contributed by atoms with E-state index in [2.05, 4.69) is 10.6 Å². The van der Waals surface area contributed by atoms with E-state index < -0.39 is 29.5 Å². The Morgan fingerprint density at radius 1 is 0.892 bits per heavy atom. The van der Waals surface area contributed by atoms with Gasteiger partial charge < -0.3 is 10.6 Å². The zero-order valence-electron chi connectivity index (χ0n) is 18.9. The first-order valence-corrected chi connectivity index (χ1v) is 11.7. The number of halogens is 5. The van der Waals surface area contributed by atoms with Crippen molar-refractivity contribution in [1.82, 2.24) is 4.90 Å². The lowest BCUT2D eigenvalue weighted by Gasteiger charge is -2.15. The molecule has 0 radical (unpaired) electrons. The molecule has 6 nitrogen and oxygen atoms in total. The predicted molar refractivity (Wildman–Crippen MR) is 134 cm³/mol. The maximum Gasteiger partial charge on any atom is 0.416 e. The van der Waals surface area contributed by atoms with E-state index in [0.29, 0.717) is 12.1 Å². The molecular weight excluding hydrogens is 530 g/mol. The molecule has 0 bridgehead atoms. The fraction of sp³-hybridized carbons (Fsp3) is 0.115. The standard InChI is InChI=1S/C26H18Cl2F3N3O3/c27-19-11-8-17(26(29,30)31)14-20(19)33-23(35)16-6-9-18(10-7-16)32-22-21(28)24(36)34(25(22)37)13-12-15-4-2-1-3-5-15/h1-11,14,32H,12-13H2,(H,33,35). The summed E-state index contributed by atoms with van der Waals surface area (Å²) in [4.78, 5) is 38.9. The maximum atomic E-state index is 13.0. The van der Waals surface area contributed by atoms with Crippen LogP contribution >= 0.6 is 23.2 Å². The summed E-state index contributed by atoms with van der Waals surface area (Å²) in [6.07, 6.45) is -4.13. The van der Waals surface area contributed by atoms with E-state index in [1.165, 1.54) is 24.3 Å². The average molecular weight is 548 g/mol. The van der Waals surface area contributed by atoms with Crippen LogP contribution in [0.3, 0.4) is 0 Å². The van der Waals surface area contributed by atoms with Gasteiger partial charge in [-0.1, -0.05) is 53.5 Å². The molecule has 0 saturated carbocycles. The SMILES string of the molecule is O=C(Nc1cc(C(F)(F)F)ccc1Cl)c1ccc(NC2=C(Cl)C(=O)N(CCc3ccccc3)C2=O)cc1. The van der Waals surface area contributed by atoms with Gasteiger partial charge in [-0.2, -0.15) is 13.2 Å². The topological polar surface area (TPSA) is 78.5 Å². The zero-order chi connectivity index (χ0) is 26.7. The van der Waals surface area contributed by atoms with Gasteiger partial charge in [0.25, 0.3) is 17.7 Å². The number of benzene rings is 3. The van der Waals surface area contributed by atoms with Crippen LogP contribution in [0.25, 0.3) is 0 Å². The Labute approximate surface area is 219 Å². The number of amides is 3. The number of alkyl halides is 3. The Kier molecular flexibility index (Phi) is 7.56. The van der Waals surface area contributed by atoms with Crippen LogP contribution in [0, 0.1) is 0 Å². The van der Waals surface area contributed by atoms with Crippen molar-refractivity contribution >= 4 is 52.3 Å². The smallest absolute Gasteiger partial charge is 0.350 e. The van der Waals surface area contributed by atoms with Gasteiger partial charge >= 0.3 is 6.18 Å². The van der Waals surface area contributed by atoms with E-state index in [0.717, 1.165) is 28.7 Å². The summed E-state index contributed by atoms with van der Waals surface area (Å²) in [5.74, 6) is -1.88.